The molecule has 0 radical (unpaired) electrons. The Bertz CT molecular complexity index is 426. The SMILES string of the molecule is Cc1c(C#N)ccc(=O)n1CC(C)N. The molecule has 74 valence electrons. The Labute approximate surface area is 82.6 Å². The van der Waals surface area contributed by atoms with Crippen molar-refractivity contribution < 1.29 is 0 Å². The molecule has 0 aliphatic carbocycles. The van der Waals surface area contributed by atoms with Gasteiger partial charge in [-0.25, -0.2) is 0 Å². The number of hydrogen-bond acceptors (Lipinski definition) is 3. The van der Waals surface area contributed by atoms with Crippen LogP contribution in [0, 0.1) is 18.3 Å². The molecule has 4 heteroatoms. The summed E-state index contributed by atoms with van der Waals surface area (Å²) in [6, 6.07) is 4.87. The Hall–Kier alpha value is -1.60. The van der Waals surface area contributed by atoms with E-state index in [1.807, 2.05) is 13.0 Å². The van der Waals surface area contributed by atoms with E-state index in [-0.39, 0.29) is 11.6 Å². The highest BCUT2D eigenvalue weighted by molar-refractivity contribution is 5.32. The summed E-state index contributed by atoms with van der Waals surface area (Å²) in [6.07, 6.45) is 0. The van der Waals surface area contributed by atoms with E-state index in [1.54, 1.807) is 6.92 Å². The molecule has 0 amide bonds. The fourth-order valence-electron chi connectivity index (χ4n) is 1.31. The van der Waals surface area contributed by atoms with Gasteiger partial charge in [0.15, 0.2) is 0 Å². The van der Waals surface area contributed by atoms with Gasteiger partial charge in [0.25, 0.3) is 5.56 Å². The monoisotopic (exact) mass is 191 g/mol. The van der Waals surface area contributed by atoms with Crippen molar-refractivity contribution in [1.82, 2.24) is 4.57 Å². The van der Waals surface area contributed by atoms with Crippen LogP contribution in [0.3, 0.4) is 0 Å². The lowest BCUT2D eigenvalue weighted by atomic mass is 10.2. The van der Waals surface area contributed by atoms with Gasteiger partial charge in [-0.05, 0) is 19.9 Å². The molecular weight excluding hydrogens is 178 g/mol. The van der Waals surface area contributed by atoms with Crippen molar-refractivity contribution >= 4 is 0 Å². The van der Waals surface area contributed by atoms with Crippen molar-refractivity contribution in [3.05, 3.63) is 33.7 Å². The van der Waals surface area contributed by atoms with Gasteiger partial charge in [0.05, 0.1) is 5.56 Å². The lowest BCUT2D eigenvalue weighted by molar-refractivity contribution is 0.561. The maximum absolute atomic E-state index is 11.4. The maximum Gasteiger partial charge on any atom is 0.250 e. The Kier molecular flexibility index (Phi) is 3.05. The number of aromatic nitrogens is 1. The zero-order valence-electron chi connectivity index (χ0n) is 8.32. The normalized spacial score (nSPS) is 12.1. The van der Waals surface area contributed by atoms with Crippen molar-refractivity contribution in [2.24, 2.45) is 5.73 Å². The van der Waals surface area contributed by atoms with E-state index in [9.17, 15) is 4.79 Å². The molecule has 0 bridgehead atoms. The fraction of sp³-hybridized carbons (Fsp3) is 0.400. The first-order chi connectivity index (χ1) is 6.56. The molecule has 0 aliphatic heterocycles. The van der Waals surface area contributed by atoms with E-state index in [0.29, 0.717) is 17.8 Å². The van der Waals surface area contributed by atoms with E-state index in [0.717, 1.165) is 0 Å². The van der Waals surface area contributed by atoms with Gasteiger partial charge in [-0.3, -0.25) is 4.79 Å². The minimum Gasteiger partial charge on any atom is -0.326 e. The molecule has 0 spiro atoms. The highest BCUT2D eigenvalue weighted by atomic mass is 16.1. The van der Waals surface area contributed by atoms with E-state index >= 15 is 0 Å². The van der Waals surface area contributed by atoms with Crippen molar-refractivity contribution in [2.75, 3.05) is 0 Å². The molecule has 1 unspecified atom stereocenters. The van der Waals surface area contributed by atoms with E-state index < -0.39 is 0 Å². The molecule has 1 aromatic heterocycles. The van der Waals surface area contributed by atoms with Gasteiger partial charge in [-0.2, -0.15) is 5.26 Å². The second-order valence-electron chi connectivity index (χ2n) is 3.37. The fourth-order valence-corrected chi connectivity index (χ4v) is 1.31. The van der Waals surface area contributed by atoms with Gasteiger partial charge < -0.3 is 10.3 Å². The molecule has 1 aromatic rings. The number of hydrogen-bond donors (Lipinski definition) is 1. The highest BCUT2D eigenvalue weighted by Gasteiger charge is 2.06. The molecule has 0 saturated heterocycles. The Morgan fingerprint density at radius 1 is 1.64 bits per heavy atom. The molecular formula is C10H13N3O. The summed E-state index contributed by atoms with van der Waals surface area (Å²) in [4.78, 5) is 11.4. The Morgan fingerprint density at radius 2 is 2.29 bits per heavy atom. The number of rotatable bonds is 2. The molecule has 1 heterocycles. The van der Waals surface area contributed by atoms with Gasteiger partial charge in [0, 0.05) is 24.3 Å². The standard InChI is InChI=1S/C10H13N3O/c1-7(12)6-13-8(2)9(5-11)3-4-10(13)14/h3-4,7H,6,12H2,1-2H3. The summed E-state index contributed by atoms with van der Waals surface area (Å²) < 4.78 is 1.53. The number of pyridine rings is 1. The van der Waals surface area contributed by atoms with Crippen LogP contribution in [0.4, 0.5) is 0 Å². The summed E-state index contributed by atoms with van der Waals surface area (Å²) in [5.74, 6) is 0. The summed E-state index contributed by atoms with van der Waals surface area (Å²) in [5.41, 5.74) is 6.70. The quantitative estimate of drug-likeness (QED) is 0.734. The molecule has 0 aromatic carbocycles. The molecule has 2 N–H and O–H groups in total. The zero-order chi connectivity index (χ0) is 10.7. The largest absolute Gasteiger partial charge is 0.326 e. The van der Waals surface area contributed by atoms with Crippen LogP contribution in [0.25, 0.3) is 0 Å². The van der Waals surface area contributed by atoms with Gasteiger partial charge >= 0.3 is 0 Å². The zero-order valence-corrected chi connectivity index (χ0v) is 8.32. The molecule has 1 rings (SSSR count). The second kappa shape index (κ2) is 4.07. The second-order valence-corrected chi connectivity index (χ2v) is 3.37. The molecule has 1 atom stereocenters. The minimum atomic E-state index is -0.112. The molecule has 14 heavy (non-hydrogen) atoms. The number of nitriles is 1. The molecule has 0 saturated carbocycles. The summed E-state index contributed by atoms with van der Waals surface area (Å²) in [7, 11) is 0. The predicted molar refractivity (Wildman–Crippen MR) is 53.8 cm³/mol. The number of nitrogens with zero attached hydrogens (tertiary/aromatic N) is 2. The minimum absolute atomic E-state index is 0.0969. The van der Waals surface area contributed by atoms with Gasteiger partial charge in [-0.15, -0.1) is 0 Å². The first-order valence-electron chi connectivity index (χ1n) is 4.42. The van der Waals surface area contributed by atoms with E-state index in [2.05, 4.69) is 0 Å². The third kappa shape index (κ3) is 2.01. The molecule has 0 fully saturated rings. The van der Waals surface area contributed by atoms with Crippen LogP contribution in [0.5, 0.6) is 0 Å². The van der Waals surface area contributed by atoms with Gasteiger partial charge in [0.1, 0.15) is 6.07 Å². The lowest BCUT2D eigenvalue weighted by Gasteiger charge is -2.12. The van der Waals surface area contributed by atoms with Crippen molar-refractivity contribution in [3.8, 4) is 6.07 Å². The van der Waals surface area contributed by atoms with Crippen LogP contribution in [-0.2, 0) is 6.54 Å². The Balaban J connectivity index is 3.27. The average molecular weight is 191 g/mol. The summed E-state index contributed by atoms with van der Waals surface area (Å²) in [6.45, 7) is 4.02. The summed E-state index contributed by atoms with van der Waals surface area (Å²) >= 11 is 0. The van der Waals surface area contributed by atoms with Crippen LogP contribution in [0.15, 0.2) is 16.9 Å². The van der Waals surface area contributed by atoms with Gasteiger partial charge in [-0.1, -0.05) is 0 Å². The smallest absolute Gasteiger partial charge is 0.250 e. The van der Waals surface area contributed by atoms with Crippen LogP contribution in [0.1, 0.15) is 18.2 Å². The third-order valence-corrected chi connectivity index (χ3v) is 2.04. The van der Waals surface area contributed by atoms with Crippen molar-refractivity contribution in [2.45, 2.75) is 26.4 Å². The lowest BCUT2D eigenvalue weighted by Crippen LogP contribution is -2.31. The van der Waals surface area contributed by atoms with Gasteiger partial charge in [0.2, 0.25) is 0 Å². The highest BCUT2D eigenvalue weighted by Crippen LogP contribution is 2.03. The first-order valence-corrected chi connectivity index (χ1v) is 4.42. The van der Waals surface area contributed by atoms with Crippen LogP contribution in [-0.4, -0.2) is 10.6 Å². The number of nitrogens with two attached hydrogens (primary N) is 1. The van der Waals surface area contributed by atoms with Crippen LogP contribution >= 0.6 is 0 Å². The molecule has 0 aliphatic rings. The average Bonchev–Trinajstić information content (AvgIpc) is 2.12. The topological polar surface area (TPSA) is 71.8 Å². The van der Waals surface area contributed by atoms with Crippen molar-refractivity contribution in [3.63, 3.8) is 0 Å². The van der Waals surface area contributed by atoms with Crippen LogP contribution < -0.4 is 11.3 Å². The Morgan fingerprint density at radius 3 is 2.79 bits per heavy atom. The van der Waals surface area contributed by atoms with E-state index in [4.69, 9.17) is 11.0 Å². The van der Waals surface area contributed by atoms with Crippen LogP contribution in [0.2, 0.25) is 0 Å². The predicted octanol–water partition coefficient (Wildman–Crippen LogP) is 0.376. The van der Waals surface area contributed by atoms with Crippen molar-refractivity contribution in [1.29, 1.82) is 5.26 Å². The summed E-state index contributed by atoms with van der Waals surface area (Å²) in [5, 5.41) is 8.77. The maximum atomic E-state index is 11.4. The van der Waals surface area contributed by atoms with E-state index in [1.165, 1.54) is 16.7 Å². The molecule has 4 nitrogen and oxygen atoms in total. The first kappa shape index (κ1) is 10.5. The third-order valence-electron chi connectivity index (χ3n) is 2.04.